The summed E-state index contributed by atoms with van der Waals surface area (Å²) < 4.78 is 45.3. The molecule has 1 aromatic carbocycles. The van der Waals surface area contributed by atoms with Gasteiger partial charge >= 0.3 is 11.9 Å². The zero-order valence-corrected chi connectivity index (χ0v) is 27.0. The average Bonchev–Trinajstić information content (AvgIpc) is 3.45. The predicted molar refractivity (Wildman–Crippen MR) is 164 cm³/mol. The van der Waals surface area contributed by atoms with Crippen molar-refractivity contribution in [3.05, 3.63) is 59.9 Å². The molecule has 1 aromatic rings. The highest BCUT2D eigenvalue weighted by Crippen LogP contribution is 2.43. The predicted octanol–water partition coefficient (Wildman–Crippen LogP) is -1.11. The van der Waals surface area contributed by atoms with Crippen molar-refractivity contribution in [3.8, 4) is 5.75 Å². The van der Waals surface area contributed by atoms with Gasteiger partial charge in [-0.05, 0) is 42.3 Å². The minimum absolute atomic E-state index is 0.415. The van der Waals surface area contributed by atoms with Gasteiger partial charge in [-0.1, -0.05) is 18.2 Å². The van der Waals surface area contributed by atoms with Gasteiger partial charge in [0.05, 0.1) is 44.7 Å². The Morgan fingerprint density at radius 1 is 0.878 bits per heavy atom. The van der Waals surface area contributed by atoms with Gasteiger partial charge in [-0.15, -0.1) is 0 Å². The van der Waals surface area contributed by atoms with Crippen LogP contribution in [0, 0.1) is 11.8 Å². The fourth-order valence-electron chi connectivity index (χ4n) is 6.28. The summed E-state index contributed by atoms with van der Waals surface area (Å²) in [5, 5.41) is 61.8. The number of ether oxygens (including phenoxy) is 8. The second-order valence-electron chi connectivity index (χ2n) is 12.1. The molecule has 0 aromatic heterocycles. The first-order chi connectivity index (χ1) is 23.4. The van der Waals surface area contributed by atoms with Gasteiger partial charge in [0.25, 0.3) is 0 Å². The molecule has 49 heavy (non-hydrogen) atoms. The zero-order valence-electron chi connectivity index (χ0n) is 27.0. The molecule has 0 saturated carbocycles. The molecule has 0 unspecified atom stereocenters. The van der Waals surface area contributed by atoms with E-state index in [0.29, 0.717) is 16.9 Å². The number of benzene rings is 1. The molecule has 5 rings (SSSR count). The molecule has 3 aliphatic heterocycles. The summed E-state index contributed by atoms with van der Waals surface area (Å²) in [6.45, 7) is 1.58. The molecule has 16 nitrogen and oxygen atoms in total. The molecular formula is C33H42O16. The molecule has 2 saturated heterocycles. The number of rotatable bonds is 11. The standard InChI is InChI=1S/C33H42O16/c1-15-29(48-23(37)9-6-17-4-7-19(42-3)8-5-17)28(41)30(45-16(2)36)33(44-15)46-21-12-18(13-34)24-20(21)10-11-43-31(24)49-32-27(40)26(39)25(38)22(14-35)47-32/h4-12,15,20-22,24-35,38-41H,13-14H2,1-3H3/b9-6+/t15-,20-,21+,22+,24+,25+,26-,27+,28+,29-,30+,31-,32-,33-/m0/s1. The summed E-state index contributed by atoms with van der Waals surface area (Å²) in [5.74, 6) is -2.16. The molecule has 16 heteroatoms. The molecule has 0 radical (unpaired) electrons. The summed E-state index contributed by atoms with van der Waals surface area (Å²) >= 11 is 0. The summed E-state index contributed by atoms with van der Waals surface area (Å²) in [5.41, 5.74) is 1.11. The number of fused-ring (bicyclic) bond motifs is 1. The molecule has 1 aliphatic carbocycles. The number of aliphatic hydroxyl groups excluding tert-OH is 6. The van der Waals surface area contributed by atoms with Crippen molar-refractivity contribution in [2.75, 3.05) is 20.3 Å². The first-order valence-electron chi connectivity index (χ1n) is 15.7. The van der Waals surface area contributed by atoms with Crippen molar-refractivity contribution in [1.82, 2.24) is 0 Å². The Hall–Kier alpha value is -3.42. The van der Waals surface area contributed by atoms with E-state index >= 15 is 0 Å². The van der Waals surface area contributed by atoms with Crippen LogP contribution in [-0.2, 0) is 42.7 Å². The Balaban J connectivity index is 1.27. The number of hydrogen-bond acceptors (Lipinski definition) is 16. The Bertz CT molecular complexity index is 1380. The van der Waals surface area contributed by atoms with E-state index in [9.17, 15) is 40.2 Å². The van der Waals surface area contributed by atoms with Crippen LogP contribution in [0.3, 0.4) is 0 Å². The van der Waals surface area contributed by atoms with Gasteiger partial charge in [0.15, 0.2) is 24.8 Å². The molecule has 3 heterocycles. The van der Waals surface area contributed by atoms with E-state index in [4.69, 9.17) is 37.9 Å². The van der Waals surface area contributed by atoms with Gasteiger partial charge in [0.1, 0.15) is 36.3 Å². The van der Waals surface area contributed by atoms with Crippen LogP contribution in [-0.4, -0.2) is 137 Å². The molecule has 270 valence electrons. The Kier molecular flexibility index (Phi) is 12.1. The van der Waals surface area contributed by atoms with Crippen LogP contribution in [0.25, 0.3) is 6.08 Å². The van der Waals surface area contributed by atoms with Crippen LogP contribution in [0.15, 0.2) is 54.3 Å². The smallest absolute Gasteiger partial charge is 0.331 e. The first kappa shape index (κ1) is 36.9. The van der Waals surface area contributed by atoms with E-state index in [1.807, 2.05) is 0 Å². The highest BCUT2D eigenvalue weighted by molar-refractivity contribution is 5.87. The van der Waals surface area contributed by atoms with E-state index in [0.717, 1.165) is 6.92 Å². The van der Waals surface area contributed by atoms with Crippen molar-refractivity contribution < 1.29 is 78.1 Å². The van der Waals surface area contributed by atoms with Crippen molar-refractivity contribution in [2.24, 2.45) is 11.8 Å². The van der Waals surface area contributed by atoms with E-state index in [1.165, 1.54) is 25.5 Å². The quantitative estimate of drug-likeness (QED) is 0.0917. The summed E-state index contributed by atoms with van der Waals surface area (Å²) in [6, 6.07) is 6.93. The maximum absolute atomic E-state index is 12.7. The fraction of sp³-hybridized carbons (Fsp3) is 0.576. The third-order valence-corrected chi connectivity index (χ3v) is 8.83. The number of carbonyl (C=O) groups excluding carboxylic acids is 2. The molecular weight excluding hydrogens is 652 g/mol. The molecule has 0 amide bonds. The fourth-order valence-corrected chi connectivity index (χ4v) is 6.28. The van der Waals surface area contributed by atoms with Gasteiger partial charge in [-0.3, -0.25) is 4.79 Å². The molecule has 0 bridgehead atoms. The van der Waals surface area contributed by atoms with Gasteiger partial charge in [0.2, 0.25) is 6.29 Å². The third kappa shape index (κ3) is 8.15. The van der Waals surface area contributed by atoms with Gasteiger partial charge in [-0.25, -0.2) is 4.79 Å². The van der Waals surface area contributed by atoms with Crippen LogP contribution < -0.4 is 4.74 Å². The van der Waals surface area contributed by atoms with Crippen LogP contribution in [0.2, 0.25) is 0 Å². The highest BCUT2D eigenvalue weighted by atomic mass is 16.8. The SMILES string of the molecule is COc1ccc(/C=C/C(=O)O[C@@H]2[C@@H](O)[C@@H](OC(C)=O)[C@H](O[C@@H]3C=C(CO)[C@H]4[C@H](O[C@@H]5O[C@H](CO)[C@@H](O)[C@H](O)[C@H]5O)OC=C[C@H]43)O[C@H]2C)cc1. The normalized spacial score (nSPS) is 38.8. The van der Waals surface area contributed by atoms with Crippen LogP contribution >= 0.6 is 0 Å². The number of carbonyl (C=O) groups is 2. The molecule has 0 spiro atoms. The van der Waals surface area contributed by atoms with Crippen LogP contribution in [0.1, 0.15) is 19.4 Å². The second kappa shape index (κ2) is 16.1. The lowest BCUT2D eigenvalue weighted by Crippen LogP contribution is -2.61. The Morgan fingerprint density at radius 2 is 1.61 bits per heavy atom. The van der Waals surface area contributed by atoms with E-state index in [-0.39, 0.29) is 0 Å². The summed E-state index contributed by atoms with van der Waals surface area (Å²) in [6.07, 6.45) is -8.93. The highest BCUT2D eigenvalue weighted by Gasteiger charge is 2.53. The Morgan fingerprint density at radius 3 is 2.27 bits per heavy atom. The molecule has 6 N–H and O–H groups in total. The minimum atomic E-state index is -1.69. The lowest BCUT2D eigenvalue weighted by atomic mass is 9.88. The third-order valence-electron chi connectivity index (χ3n) is 8.83. The summed E-state index contributed by atoms with van der Waals surface area (Å²) in [4.78, 5) is 24.8. The number of hydrogen-bond donors (Lipinski definition) is 6. The zero-order chi connectivity index (χ0) is 35.4. The van der Waals surface area contributed by atoms with Crippen molar-refractivity contribution in [1.29, 1.82) is 0 Å². The van der Waals surface area contributed by atoms with E-state index < -0.39 is 111 Å². The first-order valence-corrected chi connectivity index (χ1v) is 15.7. The molecule has 14 atom stereocenters. The second-order valence-corrected chi connectivity index (χ2v) is 12.1. The van der Waals surface area contributed by atoms with Gasteiger partial charge in [-0.2, -0.15) is 0 Å². The van der Waals surface area contributed by atoms with Crippen molar-refractivity contribution >= 4 is 18.0 Å². The van der Waals surface area contributed by atoms with Crippen LogP contribution in [0.4, 0.5) is 0 Å². The van der Waals surface area contributed by atoms with Gasteiger partial charge in [0, 0.05) is 18.9 Å². The van der Waals surface area contributed by atoms with Crippen molar-refractivity contribution in [3.63, 3.8) is 0 Å². The maximum Gasteiger partial charge on any atom is 0.331 e. The lowest BCUT2D eigenvalue weighted by molar-refractivity contribution is -0.341. The minimum Gasteiger partial charge on any atom is -0.497 e. The van der Waals surface area contributed by atoms with Crippen LogP contribution in [0.5, 0.6) is 5.75 Å². The molecule has 2 fully saturated rings. The van der Waals surface area contributed by atoms with E-state index in [1.54, 1.807) is 43.3 Å². The van der Waals surface area contributed by atoms with Gasteiger partial charge < -0.3 is 68.5 Å². The van der Waals surface area contributed by atoms with E-state index in [2.05, 4.69) is 0 Å². The lowest BCUT2D eigenvalue weighted by Gasteiger charge is -2.44. The number of esters is 2. The number of methoxy groups -OCH3 is 1. The number of aliphatic hydroxyl groups is 6. The largest absolute Gasteiger partial charge is 0.497 e. The summed E-state index contributed by atoms with van der Waals surface area (Å²) in [7, 11) is 1.54. The Labute approximate surface area is 281 Å². The maximum atomic E-state index is 12.7. The average molecular weight is 695 g/mol. The topological polar surface area (TPSA) is 229 Å². The van der Waals surface area contributed by atoms with Crippen molar-refractivity contribution in [2.45, 2.75) is 87.7 Å². The monoisotopic (exact) mass is 694 g/mol. The molecule has 4 aliphatic rings.